The molecular weight excluding hydrogens is 326 g/mol. The number of hydrogen-bond acceptors (Lipinski definition) is 2. The number of phenols is 1. The number of halogens is 1. The molecule has 2 aromatic rings. The standard InChI is InChI=1S/C18H20BrNO/c1-13(17-11-16(19)8-9-18(17)21)20-10-4-7-14-5-2-3-6-15(14)12-20/h2-3,5-6,8-9,11,13,21H,4,7,10,12H2,1H3. The maximum absolute atomic E-state index is 10.2. The zero-order chi connectivity index (χ0) is 14.8. The summed E-state index contributed by atoms with van der Waals surface area (Å²) in [4.78, 5) is 2.45. The minimum absolute atomic E-state index is 0.202. The van der Waals surface area contributed by atoms with Crippen LogP contribution in [0.5, 0.6) is 5.75 Å². The molecule has 0 radical (unpaired) electrons. The van der Waals surface area contributed by atoms with Gasteiger partial charge in [-0.15, -0.1) is 0 Å². The Balaban J connectivity index is 1.88. The molecule has 2 nitrogen and oxygen atoms in total. The van der Waals surface area contributed by atoms with Crippen molar-refractivity contribution in [2.24, 2.45) is 0 Å². The van der Waals surface area contributed by atoms with Crippen molar-refractivity contribution in [2.45, 2.75) is 32.4 Å². The number of nitrogens with zero attached hydrogens (tertiary/aromatic N) is 1. The van der Waals surface area contributed by atoms with Gasteiger partial charge in [-0.25, -0.2) is 0 Å². The fourth-order valence-corrected chi connectivity index (χ4v) is 3.49. The molecule has 1 unspecified atom stereocenters. The van der Waals surface area contributed by atoms with Crippen molar-refractivity contribution in [3.8, 4) is 5.75 Å². The number of benzene rings is 2. The summed E-state index contributed by atoms with van der Waals surface area (Å²) in [5.74, 6) is 0.378. The van der Waals surface area contributed by atoms with Crippen molar-refractivity contribution in [1.82, 2.24) is 4.90 Å². The second kappa shape index (κ2) is 6.20. The summed E-state index contributed by atoms with van der Waals surface area (Å²) in [5, 5.41) is 10.2. The van der Waals surface area contributed by atoms with Crippen LogP contribution in [0.4, 0.5) is 0 Å². The minimum Gasteiger partial charge on any atom is -0.508 e. The van der Waals surface area contributed by atoms with Gasteiger partial charge in [-0.05, 0) is 55.6 Å². The second-order valence-electron chi connectivity index (χ2n) is 5.72. The monoisotopic (exact) mass is 345 g/mol. The van der Waals surface area contributed by atoms with Gasteiger partial charge in [0.05, 0.1) is 0 Å². The smallest absolute Gasteiger partial charge is 0.120 e. The summed E-state index contributed by atoms with van der Waals surface area (Å²) in [6, 6.07) is 14.6. The van der Waals surface area contributed by atoms with Gasteiger partial charge in [0.15, 0.2) is 0 Å². The topological polar surface area (TPSA) is 23.5 Å². The summed E-state index contributed by atoms with van der Waals surface area (Å²) in [6.45, 7) is 4.18. The molecule has 0 aromatic heterocycles. The van der Waals surface area contributed by atoms with Gasteiger partial charge in [0, 0.05) is 22.6 Å². The van der Waals surface area contributed by atoms with Crippen LogP contribution in [0, 0.1) is 0 Å². The van der Waals surface area contributed by atoms with Gasteiger partial charge in [-0.2, -0.15) is 0 Å². The number of aromatic hydroxyl groups is 1. The Morgan fingerprint density at radius 1 is 1.14 bits per heavy atom. The van der Waals surface area contributed by atoms with Crippen LogP contribution in [0.25, 0.3) is 0 Å². The van der Waals surface area contributed by atoms with Gasteiger partial charge in [-0.1, -0.05) is 40.2 Å². The minimum atomic E-state index is 0.202. The molecule has 3 rings (SSSR count). The van der Waals surface area contributed by atoms with Gasteiger partial charge >= 0.3 is 0 Å². The summed E-state index contributed by atoms with van der Waals surface area (Å²) in [5.41, 5.74) is 3.87. The van der Waals surface area contributed by atoms with E-state index in [1.54, 1.807) is 6.07 Å². The molecule has 0 saturated carbocycles. The van der Waals surface area contributed by atoms with Gasteiger partial charge in [0.1, 0.15) is 5.75 Å². The molecule has 1 N–H and O–H groups in total. The Bertz CT molecular complexity index is 641. The highest BCUT2D eigenvalue weighted by atomic mass is 79.9. The van der Waals surface area contributed by atoms with E-state index in [-0.39, 0.29) is 6.04 Å². The van der Waals surface area contributed by atoms with Crippen LogP contribution in [-0.4, -0.2) is 16.6 Å². The first-order valence-corrected chi connectivity index (χ1v) is 8.23. The van der Waals surface area contributed by atoms with Crippen molar-refractivity contribution >= 4 is 15.9 Å². The number of hydrogen-bond donors (Lipinski definition) is 1. The van der Waals surface area contributed by atoms with E-state index in [9.17, 15) is 5.11 Å². The predicted molar refractivity (Wildman–Crippen MR) is 89.4 cm³/mol. The molecule has 0 saturated heterocycles. The van der Waals surface area contributed by atoms with E-state index in [2.05, 4.69) is 52.0 Å². The average molecular weight is 346 g/mol. The van der Waals surface area contributed by atoms with Crippen molar-refractivity contribution in [3.63, 3.8) is 0 Å². The zero-order valence-electron chi connectivity index (χ0n) is 12.2. The molecule has 1 atom stereocenters. The molecule has 0 fully saturated rings. The third kappa shape index (κ3) is 3.14. The summed E-state index contributed by atoms with van der Waals surface area (Å²) >= 11 is 3.50. The number of phenolic OH excluding ortho intramolecular Hbond substituents is 1. The van der Waals surface area contributed by atoms with Crippen LogP contribution in [0.1, 0.15) is 36.1 Å². The Kier molecular flexibility index (Phi) is 4.32. The van der Waals surface area contributed by atoms with Gasteiger partial charge in [0.2, 0.25) is 0 Å². The Labute approximate surface area is 134 Å². The largest absolute Gasteiger partial charge is 0.508 e. The fourth-order valence-electron chi connectivity index (χ4n) is 3.11. The van der Waals surface area contributed by atoms with Crippen LogP contribution < -0.4 is 0 Å². The molecule has 1 aliphatic rings. The van der Waals surface area contributed by atoms with E-state index in [1.807, 2.05) is 12.1 Å². The first kappa shape index (κ1) is 14.6. The van der Waals surface area contributed by atoms with Crippen molar-refractivity contribution < 1.29 is 5.11 Å². The van der Waals surface area contributed by atoms with Crippen molar-refractivity contribution in [1.29, 1.82) is 0 Å². The lowest BCUT2D eigenvalue weighted by molar-refractivity contribution is 0.201. The van der Waals surface area contributed by atoms with E-state index in [1.165, 1.54) is 11.1 Å². The fraction of sp³-hybridized carbons (Fsp3) is 0.333. The van der Waals surface area contributed by atoms with Crippen molar-refractivity contribution in [2.75, 3.05) is 6.54 Å². The SMILES string of the molecule is CC(c1cc(Br)ccc1O)N1CCCc2ccccc2C1. The number of fused-ring (bicyclic) bond motifs is 1. The molecule has 0 spiro atoms. The Morgan fingerprint density at radius 2 is 1.90 bits per heavy atom. The highest BCUT2D eigenvalue weighted by Gasteiger charge is 2.22. The lowest BCUT2D eigenvalue weighted by Gasteiger charge is -2.29. The molecule has 3 heteroatoms. The van der Waals surface area contributed by atoms with Gasteiger partial charge in [0.25, 0.3) is 0 Å². The summed E-state index contributed by atoms with van der Waals surface area (Å²) in [7, 11) is 0. The van der Waals surface area contributed by atoms with Crippen molar-refractivity contribution in [3.05, 3.63) is 63.6 Å². The first-order valence-electron chi connectivity index (χ1n) is 7.44. The van der Waals surface area contributed by atoms with E-state index >= 15 is 0 Å². The first-order chi connectivity index (χ1) is 10.1. The normalized spacial score (nSPS) is 17.0. The van der Waals surface area contributed by atoms with Crippen LogP contribution in [0.15, 0.2) is 46.9 Å². The average Bonchev–Trinajstić information content (AvgIpc) is 2.71. The van der Waals surface area contributed by atoms with Crippen LogP contribution >= 0.6 is 15.9 Å². The van der Waals surface area contributed by atoms with Gasteiger partial charge in [-0.3, -0.25) is 4.90 Å². The molecule has 0 amide bonds. The second-order valence-corrected chi connectivity index (χ2v) is 6.64. The molecule has 0 aliphatic carbocycles. The lowest BCUT2D eigenvalue weighted by Crippen LogP contribution is -2.26. The van der Waals surface area contributed by atoms with Crippen LogP contribution in [0.2, 0.25) is 0 Å². The maximum Gasteiger partial charge on any atom is 0.120 e. The van der Waals surface area contributed by atoms with E-state index in [0.29, 0.717) is 5.75 Å². The van der Waals surface area contributed by atoms with E-state index in [4.69, 9.17) is 0 Å². The van der Waals surface area contributed by atoms with E-state index in [0.717, 1.165) is 36.0 Å². The molecule has 110 valence electrons. The quantitative estimate of drug-likeness (QED) is 0.855. The van der Waals surface area contributed by atoms with Gasteiger partial charge < -0.3 is 5.11 Å². The molecule has 21 heavy (non-hydrogen) atoms. The Hall–Kier alpha value is -1.32. The highest BCUT2D eigenvalue weighted by Crippen LogP contribution is 2.33. The molecule has 1 heterocycles. The Morgan fingerprint density at radius 3 is 2.71 bits per heavy atom. The molecule has 0 bridgehead atoms. The molecule has 2 aromatic carbocycles. The number of aryl methyl sites for hydroxylation is 1. The van der Waals surface area contributed by atoms with Crippen LogP contribution in [0.3, 0.4) is 0 Å². The summed E-state index contributed by atoms with van der Waals surface area (Å²) < 4.78 is 1.01. The molecule has 1 aliphatic heterocycles. The summed E-state index contributed by atoms with van der Waals surface area (Å²) in [6.07, 6.45) is 2.31. The third-order valence-electron chi connectivity index (χ3n) is 4.37. The maximum atomic E-state index is 10.2. The third-order valence-corrected chi connectivity index (χ3v) is 4.86. The lowest BCUT2D eigenvalue weighted by atomic mass is 10.0. The highest BCUT2D eigenvalue weighted by molar-refractivity contribution is 9.10. The van der Waals surface area contributed by atoms with Crippen LogP contribution in [-0.2, 0) is 13.0 Å². The number of rotatable bonds is 2. The predicted octanol–water partition coefficient (Wildman–Crippen LogP) is 4.66. The molecular formula is C18H20BrNO. The van der Waals surface area contributed by atoms with E-state index < -0.39 is 0 Å². The zero-order valence-corrected chi connectivity index (χ0v) is 13.8.